The summed E-state index contributed by atoms with van der Waals surface area (Å²) < 4.78 is 16.0. The Kier molecular flexibility index (Phi) is 5.46. The van der Waals surface area contributed by atoms with E-state index in [1.54, 1.807) is 39.3 Å². The van der Waals surface area contributed by atoms with Crippen molar-refractivity contribution in [1.82, 2.24) is 0 Å². The van der Waals surface area contributed by atoms with Crippen molar-refractivity contribution in [2.45, 2.75) is 20.0 Å². The molecule has 23 heavy (non-hydrogen) atoms. The molecule has 0 heterocycles. The minimum atomic E-state index is -0.620. The molecule has 0 fully saturated rings. The third-order valence-corrected chi connectivity index (χ3v) is 3.35. The molecular weight excluding hydrogens is 294 g/mol. The molecule has 2 aromatic carbocycles. The van der Waals surface area contributed by atoms with Crippen molar-refractivity contribution in [1.29, 1.82) is 0 Å². The highest BCUT2D eigenvalue weighted by Gasteiger charge is 2.15. The smallest absolute Gasteiger partial charge is 0.265 e. The Morgan fingerprint density at radius 3 is 2.26 bits per heavy atom. The number of nitrogens with one attached hydrogen (secondary N) is 1. The van der Waals surface area contributed by atoms with Gasteiger partial charge in [-0.1, -0.05) is 17.7 Å². The van der Waals surface area contributed by atoms with Crippen molar-refractivity contribution >= 4 is 11.6 Å². The van der Waals surface area contributed by atoms with Gasteiger partial charge in [-0.25, -0.2) is 0 Å². The second kappa shape index (κ2) is 7.54. The van der Waals surface area contributed by atoms with Crippen LogP contribution in [0.1, 0.15) is 12.5 Å². The summed E-state index contributed by atoms with van der Waals surface area (Å²) in [7, 11) is 3.11. The summed E-state index contributed by atoms with van der Waals surface area (Å²) in [6.45, 7) is 3.70. The largest absolute Gasteiger partial charge is 0.493 e. The summed E-state index contributed by atoms with van der Waals surface area (Å²) in [4.78, 5) is 12.2. The Bertz CT molecular complexity index is 667. The molecular formula is C18H21NO4. The molecule has 5 heteroatoms. The number of methoxy groups -OCH3 is 2. The van der Waals surface area contributed by atoms with E-state index in [0.717, 1.165) is 5.56 Å². The molecule has 0 aromatic heterocycles. The minimum Gasteiger partial charge on any atom is -0.493 e. The van der Waals surface area contributed by atoms with Gasteiger partial charge in [-0.3, -0.25) is 4.79 Å². The molecule has 0 spiro atoms. The number of benzene rings is 2. The lowest BCUT2D eigenvalue weighted by Crippen LogP contribution is -2.30. The quantitative estimate of drug-likeness (QED) is 0.887. The van der Waals surface area contributed by atoms with Gasteiger partial charge in [0.2, 0.25) is 0 Å². The molecule has 0 saturated heterocycles. The second-order valence-electron chi connectivity index (χ2n) is 5.13. The van der Waals surface area contributed by atoms with Crippen LogP contribution in [0.5, 0.6) is 17.2 Å². The highest BCUT2D eigenvalue weighted by Crippen LogP contribution is 2.29. The second-order valence-corrected chi connectivity index (χ2v) is 5.13. The monoisotopic (exact) mass is 315 g/mol. The number of aryl methyl sites for hydroxylation is 1. The molecule has 2 aromatic rings. The number of carbonyl (C=O) groups is 1. The molecule has 0 bridgehead atoms. The van der Waals surface area contributed by atoms with E-state index in [-0.39, 0.29) is 5.91 Å². The van der Waals surface area contributed by atoms with E-state index in [0.29, 0.717) is 22.9 Å². The van der Waals surface area contributed by atoms with Gasteiger partial charge >= 0.3 is 0 Å². The SMILES string of the molecule is COc1ccc(NC(=O)[C@H](C)Oc2ccc(C)cc2)cc1OC. The van der Waals surface area contributed by atoms with E-state index < -0.39 is 6.10 Å². The first-order valence-corrected chi connectivity index (χ1v) is 7.29. The molecule has 0 radical (unpaired) electrons. The first-order chi connectivity index (χ1) is 11.0. The Balaban J connectivity index is 2.01. The first-order valence-electron chi connectivity index (χ1n) is 7.29. The van der Waals surface area contributed by atoms with Gasteiger partial charge in [0, 0.05) is 11.8 Å². The zero-order valence-electron chi connectivity index (χ0n) is 13.8. The van der Waals surface area contributed by atoms with E-state index in [1.807, 2.05) is 31.2 Å². The summed E-state index contributed by atoms with van der Waals surface area (Å²) in [6.07, 6.45) is -0.620. The molecule has 1 N–H and O–H groups in total. The molecule has 1 atom stereocenters. The number of carbonyl (C=O) groups excluding carboxylic acids is 1. The van der Waals surface area contributed by atoms with Crippen molar-refractivity contribution in [2.24, 2.45) is 0 Å². The van der Waals surface area contributed by atoms with Crippen LogP contribution in [0, 0.1) is 6.92 Å². The van der Waals surface area contributed by atoms with Crippen molar-refractivity contribution in [2.75, 3.05) is 19.5 Å². The summed E-state index contributed by atoms with van der Waals surface area (Å²) in [5.41, 5.74) is 1.76. The van der Waals surface area contributed by atoms with E-state index in [9.17, 15) is 4.79 Å². The Morgan fingerprint density at radius 1 is 1.00 bits per heavy atom. The third-order valence-electron chi connectivity index (χ3n) is 3.35. The van der Waals surface area contributed by atoms with Crippen LogP contribution in [-0.4, -0.2) is 26.2 Å². The van der Waals surface area contributed by atoms with Gasteiger partial charge in [0.05, 0.1) is 14.2 Å². The van der Waals surface area contributed by atoms with E-state index in [4.69, 9.17) is 14.2 Å². The predicted molar refractivity (Wildman–Crippen MR) is 89.4 cm³/mol. The van der Waals surface area contributed by atoms with Crippen LogP contribution in [0.25, 0.3) is 0 Å². The van der Waals surface area contributed by atoms with Crippen molar-refractivity contribution in [3.8, 4) is 17.2 Å². The third kappa shape index (κ3) is 4.39. The molecule has 0 unspecified atom stereocenters. The highest BCUT2D eigenvalue weighted by molar-refractivity contribution is 5.94. The van der Waals surface area contributed by atoms with Crippen LogP contribution in [-0.2, 0) is 4.79 Å². The first kappa shape index (κ1) is 16.7. The van der Waals surface area contributed by atoms with Crippen LogP contribution in [0.3, 0.4) is 0 Å². The van der Waals surface area contributed by atoms with Gasteiger partial charge in [0.25, 0.3) is 5.91 Å². The van der Waals surface area contributed by atoms with Gasteiger partial charge in [0.1, 0.15) is 5.75 Å². The van der Waals surface area contributed by atoms with Crippen molar-refractivity contribution < 1.29 is 19.0 Å². The molecule has 0 aliphatic carbocycles. The lowest BCUT2D eigenvalue weighted by atomic mass is 10.2. The average Bonchev–Trinajstić information content (AvgIpc) is 2.56. The topological polar surface area (TPSA) is 56.8 Å². The lowest BCUT2D eigenvalue weighted by Gasteiger charge is -2.16. The molecule has 0 aliphatic rings. The maximum atomic E-state index is 12.2. The van der Waals surface area contributed by atoms with Crippen LogP contribution in [0.15, 0.2) is 42.5 Å². The van der Waals surface area contributed by atoms with Gasteiger partial charge in [-0.15, -0.1) is 0 Å². The van der Waals surface area contributed by atoms with Gasteiger partial charge in [-0.05, 0) is 38.1 Å². The highest BCUT2D eigenvalue weighted by atomic mass is 16.5. The molecule has 122 valence electrons. The number of hydrogen-bond donors (Lipinski definition) is 1. The average molecular weight is 315 g/mol. The number of rotatable bonds is 6. The molecule has 5 nitrogen and oxygen atoms in total. The Labute approximate surface area is 136 Å². The maximum absolute atomic E-state index is 12.2. The molecule has 2 rings (SSSR count). The van der Waals surface area contributed by atoms with Gasteiger partial charge < -0.3 is 19.5 Å². The van der Waals surface area contributed by atoms with E-state index in [2.05, 4.69) is 5.32 Å². The number of amides is 1. The number of hydrogen-bond acceptors (Lipinski definition) is 4. The molecule has 1 amide bonds. The Morgan fingerprint density at radius 2 is 1.65 bits per heavy atom. The van der Waals surface area contributed by atoms with Crippen LogP contribution in [0.4, 0.5) is 5.69 Å². The lowest BCUT2D eigenvalue weighted by molar-refractivity contribution is -0.122. The van der Waals surface area contributed by atoms with Crippen molar-refractivity contribution in [3.63, 3.8) is 0 Å². The summed E-state index contributed by atoms with van der Waals surface area (Å²) >= 11 is 0. The van der Waals surface area contributed by atoms with Gasteiger partial charge in [0.15, 0.2) is 17.6 Å². The molecule has 0 aliphatic heterocycles. The molecule has 0 saturated carbocycles. The standard InChI is InChI=1S/C18H21NO4/c1-12-5-8-15(9-6-12)23-13(2)18(20)19-14-7-10-16(21-3)17(11-14)22-4/h5-11,13H,1-4H3,(H,19,20)/t13-/m0/s1. The fraction of sp³-hybridized carbons (Fsp3) is 0.278. The fourth-order valence-electron chi connectivity index (χ4n) is 2.03. The zero-order chi connectivity index (χ0) is 16.8. The van der Waals surface area contributed by atoms with E-state index in [1.165, 1.54) is 0 Å². The summed E-state index contributed by atoms with van der Waals surface area (Å²) in [6, 6.07) is 12.8. The summed E-state index contributed by atoms with van der Waals surface area (Å²) in [5.74, 6) is 1.58. The normalized spacial score (nSPS) is 11.5. The van der Waals surface area contributed by atoms with E-state index >= 15 is 0 Å². The van der Waals surface area contributed by atoms with Crippen LogP contribution < -0.4 is 19.5 Å². The fourth-order valence-corrected chi connectivity index (χ4v) is 2.03. The predicted octanol–water partition coefficient (Wildman–Crippen LogP) is 3.42. The maximum Gasteiger partial charge on any atom is 0.265 e. The number of ether oxygens (including phenoxy) is 3. The van der Waals surface area contributed by atoms with Crippen molar-refractivity contribution in [3.05, 3.63) is 48.0 Å². The minimum absolute atomic E-state index is 0.238. The Hall–Kier alpha value is -2.69. The van der Waals surface area contributed by atoms with Crippen LogP contribution >= 0.6 is 0 Å². The zero-order valence-corrected chi connectivity index (χ0v) is 13.8. The summed E-state index contributed by atoms with van der Waals surface area (Å²) in [5, 5.41) is 2.80. The van der Waals surface area contributed by atoms with Crippen LogP contribution in [0.2, 0.25) is 0 Å². The van der Waals surface area contributed by atoms with Gasteiger partial charge in [-0.2, -0.15) is 0 Å². The number of anilines is 1.